The molecule has 0 saturated heterocycles. The number of carboxylic acid groups (broad SMARTS) is 1. The first-order valence-electron chi connectivity index (χ1n) is 5.55. The number of ether oxygens (including phenoxy) is 1. The molecule has 1 aromatic carbocycles. The average Bonchev–Trinajstić information content (AvgIpc) is 2.35. The van der Waals surface area contributed by atoms with E-state index in [2.05, 4.69) is 0 Å². The highest BCUT2D eigenvalue weighted by molar-refractivity contribution is 7.91. The fourth-order valence-electron chi connectivity index (χ4n) is 1.42. The van der Waals surface area contributed by atoms with E-state index in [1.807, 2.05) is 0 Å². The van der Waals surface area contributed by atoms with Crippen LogP contribution >= 0.6 is 0 Å². The number of carboxylic acids is 1. The summed E-state index contributed by atoms with van der Waals surface area (Å²) in [5.41, 5.74) is 0.719. The smallest absolute Gasteiger partial charge is 0.339 e. The highest BCUT2D eigenvalue weighted by Gasteiger charge is 2.18. The number of benzene rings is 1. The lowest BCUT2D eigenvalue weighted by atomic mass is 10.2. The third kappa shape index (κ3) is 3.82. The minimum atomic E-state index is -3.53. The van der Waals surface area contributed by atoms with Crippen molar-refractivity contribution in [2.24, 2.45) is 0 Å². The zero-order valence-electron chi connectivity index (χ0n) is 11.0. The van der Waals surface area contributed by atoms with Crippen molar-refractivity contribution >= 4 is 15.8 Å². The number of rotatable bonds is 5. The molecule has 0 saturated carbocycles. The van der Waals surface area contributed by atoms with Gasteiger partial charge in [-0.25, -0.2) is 13.2 Å². The van der Waals surface area contributed by atoms with Crippen molar-refractivity contribution in [2.75, 3.05) is 12.9 Å². The Labute approximate surface area is 112 Å². The molecule has 0 fully saturated rings. The molecule has 0 bridgehead atoms. The molecule has 104 valence electrons. The van der Waals surface area contributed by atoms with Crippen molar-refractivity contribution in [2.45, 2.75) is 18.7 Å². The van der Waals surface area contributed by atoms with E-state index in [0.29, 0.717) is 0 Å². The van der Waals surface area contributed by atoms with E-state index >= 15 is 0 Å². The first-order chi connectivity index (χ1) is 8.77. The molecule has 0 amide bonds. The molecular formula is C13H16O5S. The summed E-state index contributed by atoms with van der Waals surface area (Å²) in [4.78, 5) is 11.0. The van der Waals surface area contributed by atoms with Gasteiger partial charge in [0.15, 0.2) is 9.84 Å². The van der Waals surface area contributed by atoms with E-state index in [9.17, 15) is 13.2 Å². The van der Waals surface area contributed by atoms with Crippen LogP contribution in [0.1, 0.15) is 24.2 Å². The minimum Gasteiger partial charge on any atom is -0.496 e. The van der Waals surface area contributed by atoms with Crippen LogP contribution in [-0.2, 0) is 9.84 Å². The van der Waals surface area contributed by atoms with Gasteiger partial charge in [-0.05, 0) is 32.0 Å². The van der Waals surface area contributed by atoms with Gasteiger partial charge in [0.1, 0.15) is 11.3 Å². The molecule has 0 aliphatic carbocycles. The molecule has 19 heavy (non-hydrogen) atoms. The summed E-state index contributed by atoms with van der Waals surface area (Å²) in [6.45, 7) is 3.60. The fourth-order valence-corrected chi connectivity index (χ4v) is 2.74. The Morgan fingerprint density at radius 1 is 1.37 bits per heavy atom. The minimum absolute atomic E-state index is 0.0248. The standard InChI is InChI=1S/C13H16O5S/c1-9(2)6-7-19(16,17)10-4-5-12(18-3)11(8-10)13(14)15/h4-6,8H,7H2,1-3H3,(H,14,15). The summed E-state index contributed by atoms with van der Waals surface area (Å²) in [6.07, 6.45) is 1.58. The predicted octanol–water partition coefficient (Wildman–Crippen LogP) is 2.13. The number of allylic oxidation sites excluding steroid dienone is 1. The van der Waals surface area contributed by atoms with Crippen LogP contribution in [0.4, 0.5) is 0 Å². The molecule has 1 aromatic rings. The Morgan fingerprint density at radius 3 is 2.47 bits per heavy atom. The van der Waals surface area contributed by atoms with Crippen LogP contribution in [0.25, 0.3) is 0 Å². The van der Waals surface area contributed by atoms with Gasteiger partial charge in [-0.15, -0.1) is 0 Å². The molecule has 0 aromatic heterocycles. The van der Waals surface area contributed by atoms with Crippen molar-refractivity contribution in [3.05, 3.63) is 35.4 Å². The summed E-state index contributed by atoms with van der Waals surface area (Å²) < 4.78 is 29.0. The van der Waals surface area contributed by atoms with Crippen molar-refractivity contribution in [1.29, 1.82) is 0 Å². The van der Waals surface area contributed by atoms with Gasteiger partial charge in [0.2, 0.25) is 0 Å². The maximum atomic E-state index is 12.0. The Balaban J connectivity index is 3.26. The molecular weight excluding hydrogens is 268 g/mol. The summed E-state index contributed by atoms with van der Waals surface area (Å²) in [5.74, 6) is -1.24. The molecule has 5 nitrogen and oxygen atoms in total. The molecule has 0 spiro atoms. The van der Waals surface area contributed by atoms with Crippen molar-refractivity contribution in [3.63, 3.8) is 0 Å². The van der Waals surface area contributed by atoms with Gasteiger partial charge in [-0.1, -0.05) is 11.6 Å². The maximum absolute atomic E-state index is 12.0. The highest BCUT2D eigenvalue weighted by Crippen LogP contribution is 2.23. The van der Waals surface area contributed by atoms with E-state index in [4.69, 9.17) is 9.84 Å². The van der Waals surface area contributed by atoms with Crippen molar-refractivity contribution in [1.82, 2.24) is 0 Å². The second-order valence-corrected chi connectivity index (χ2v) is 6.26. The molecule has 6 heteroatoms. The van der Waals surface area contributed by atoms with E-state index < -0.39 is 15.8 Å². The molecule has 0 aliphatic heterocycles. The topological polar surface area (TPSA) is 80.7 Å². The largest absolute Gasteiger partial charge is 0.496 e. The normalized spacial score (nSPS) is 10.9. The van der Waals surface area contributed by atoms with Crippen LogP contribution in [0.3, 0.4) is 0 Å². The van der Waals surface area contributed by atoms with Gasteiger partial charge in [-0.2, -0.15) is 0 Å². The second kappa shape index (κ2) is 5.88. The van der Waals surface area contributed by atoms with Crippen LogP contribution < -0.4 is 4.74 Å². The first kappa shape index (κ1) is 15.2. The molecule has 1 N–H and O–H groups in total. The van der Waals surface area contributed by atoms with Crippen molar-refractivity contribution in [3.8, 4) is 5.75 Å². The lowest BCUT2D eigenvalue weighted by molar-refractivity contribution is 0.0693. The van der Waals surface area contributed by atoms with E-state index in [1.54, 1.807) is 19.9 Å². The van der Waals surface area contributed by atoms with E-state index in [-0.39, 0.29) is 22.0 Å². The van der Waals surface area contributed by atoms with Crippen LogP contribution in [0, 0.1) is 0 Å². The maximum Gasteiger partial charge on any atom is 0.339 e. The molecule has 0 aliphatic rings. The second-order valence-electron chi connectivity index (χ2n) is 4.23. The zero-order chi connectivity index (χ0) is 14.6. The molecule has 0 heterocycles. The number of hydrogen-bond acceptors (Lipinski definition) is 4. The lowest BCUT2D eigenvalue weighted by Crippen LogP contribution is -2.08. The van der Waals surface area contributed by atoms with Crippen LogP contribution in [-0.4, -0.2) is 32.4 Å². The predicted molar refractivity (Wildman–Crippen MR) is 71.4 cm³/mol. The Kier molecular flexibility index (Phi) is 4.72. The summed E-state index contributed by atoms with van der Waals surface area (Å²) in [6, 6.07) is 3.81. The van der Waals surface area contributed by atoms with Crippen LogP contribution in [0.15, 0.2) is 34.7 Å². The Morgan fingerprint density at radius 2 is 2.00 bits per heavy atom. The van der Waals surface area contributed by atoms with Crippen LogP contribution in [0.2, 0.25) is 0 Å². The van der Waals surface area contributed by atoms with E-state index in [1.165, 1.54) is 19.2 Å². The number of sulfone groups is 1. The first-order valence-corrected chi connectivity index (χ1v) is 7.20. The van der Waals surface area contributed by atoms with E-state index in [0.717, 1.165) is 11.6 Å². The highest BCUT2D eigenvalue weighted by atomic mass is 32.2. The number of aromatic carboxylic acids is 1. The fraction of sp³-hybridized carbons (Fsp3) is 0.308. The molecule has 0 atom stereocenters. The van der Waals surface area contributed by atoms with Gasteiger partial charge in [0, 0.05) is 0 Å². The van der Waals surface area contributed by atoms with Gasteiger partial charge >= 0.3 is 5.97 Å². The monoisotopic (exact) mass is 284 g/mol. The lowest BCUT2D eigenvalue weighted by Gasteiger charge is -2.07. The molecule has 1 rings (SSSR count). The summed E-state index contributed by atoms with van der Waals surface area (Å²) in [7, 11) is -2.20. The summed E-state index contributed by atoms with van der Waals surface area (Å²) in [5, 5.41) is 9.02. The van der Waals surface area contributed by atoms with Crippen LogP contribution in [0.5, 0.6) is 5.75 Å². The average molecular weight is 284 g/mol. The quantitative estimate of drug-likeness (QED) is 0.838. The van der Waals surface area contributed by atoms with Gasteiger partial charge in [0.05, 0.1) is 17.8 Å². The Hall–Kier alpha value is -1.82. The molecule has 0 radical (unpaired) electrons. The number of hydrogen-bond donors (Lipinski definition) is 1. The van der Waals surface area contributed by atoms with Gasteiger partial charge in [-0.3, -0.25) is 0 Å². The van der Waals surface area contributed by atoms with Crippen molar-refractivity contribution < 1.29 is 23.1 Å². The third-order valence-corrected chi connectivity index (χ3v) is 4.05. The zero-order valence-corrected chi connectivity index (χ0v) is 11.8. The Bertz CT molecular complexity index is 610. The SMILES string of the molecule is COc1ccc(S(=O)(=O)CC=C(C)C)cc1C(=O)O. The number of carbonyl (C=O) groups is 1. The molecule has 0 unspecified atom stereocenters. The third-order valence-electron chi connectivity index (χ3n) is 2.47. The van der Waals surface area contributed by atoms with Gasteiger partial charge in [0.25, 0.3) is 0 Å². The summed E-state index contributed by atoms with van der Waals surface area (Å²) >= 11 is 0. The van der Waals surface area contributed by atoms with Gasteiger partial charge < -0.3 is 9.84 Å². The number of methoxy groups -OCH3 is 1.